The number of allylic oxidation sites excluding steroid dienone is 1. The first kappa shape index (κ1) is 21.2. The third-order valence-electron chi connectivity index (χ3n) is 4.39. The second kappa shape index (κ2) is 12.3. The van der Waals surface area contributed by atoms with Gasteiger partial charge in [-0.05, 0) is 61.3 Å². The third-order valence-corrected chi connectivity index (χ3v) is 6.58. The summed E-state index contributed by atoms with van der Waals surface area (Å²) in [5.41, 5.74) is 2.64. The Balaban J connectivity index is 1.93. The van der Waals surface area contributed by atoms with Gasteiger partial charge in [0.1, 0.15) is 0 Å². The van der Waals surface area contributed by atoms with Crippen molar-refractivity contribution >= 4 is 23.5 Å². The predicted molar refractivity (Wildman–Crippen MR) is 120 cm³/mol. The Kier molecular flexibility index (Phi) is 10.0. The van der Waals surface area contributed by atoms with Crippen LogP contribution in [0.3, 0.4) is 0 Å². The Bertz CT molecular complexity index is 654. The molecule has 0 saturated carbocycles. The molecule has 140 valence electrons. The maximum atomic E-state index is 2.36. The summed E-state index contributed by atoms with van der Waals surface area (Å²) in [6, 6.07) is 17.7. The molecule has 2 aromatic rings. The van der Waals surface area contributed by atoms with Crippen LogP contribution in [-0.4, -0.2) is 0 Å². The van der Waals surface area contributed by atoms with Crippen molar-refractivity contribution in [1.29, 1.82) is 0 Å². The standard InChI is InChI=1S/C24H32S2/c1-4-5-6-7-8-9-10-24(26-23-17-13-21(3)14-18-23)19-25-22-15-11-20(2)12-16-22/h11-19H,4-10H2,1-3H3/b24-19-. The van der Waals surface area contributed by atoms with Gasteiger partial charge in [-0.1, -0.05) is 97.9 Å². The Labute approximate surface area is 168 Å². The van der Waals surface area contributed by atoms with E-state index in [4.69, 9.17) is 0 Å². The molecule has 0 bridgehead atoms. The molecular weight excluding hydrogens is 352 g/mol. The molecule has 0 amide bonds. The highest BCUT2D eigenvalue weighted by molar-refractivity contribution is 8.06. The fourth-order valence-electron chi connectivity index (χ4n) is 2.72. The van der Waals surface area contributed by atoms with Crippen LogP contribution >= 0.6 is 23.5 Å². The summed E-state index contributed by atoms with van der Waals surface area (Å²) < 4.78 is 0. The highest BCUT2D eigenvalue weighted by Crippen LogP contribution is 2.34. The molecule has 0 aliphatic rings. The Hall–Kier alpha value is -1.12. The maximum Gasteiger partial charge on any atom is 0.0119 e. The molecular formula is C24H32S2. The van der Waals surface area contributed by atoms with Crippen LogP contribution in [0.25, 0.3) is 0 Å². The van der Waals surface area contributed by atoms with E-state index in [1.165, 1.54) is 70.8 Å². The summed E-state index contributed by atoms with van der Waals surface area (Å²) in [6.07, 6.45) is 9.29. The molecule has 2 rings (SSSR count). The van der Waals surface area contributed by atoms with Crippen molar-refractivity contribution in [2.45, 2.75) is 75.5 Å². The quantitative estimate of drug-likeness (QED) is 0.280. The van der Waals surface area contributed by atoms with Gasteiger partial charge in [-0.15, -0.1) is 0 Å². The Morgan fingerprint density at radius 3 is 1.88 bits per heavy atom. The second-order valence-electron chi connectivity index (χ2n) is 6.95. The number of hydrogen-bond donors (Lipinski definition) is 0. The van der Waals surface area contributed by atoms with E-state index >= 15 is 0 Å². The minimum Gasteiger partial charge on any atom is -0.0972 e. The summed E-state index contributed by atoms with van der Waals surface area (Å²) >= 11 is 3.78. The van der Waals surface area contributed by atoms with E-state index in [1.54, 1.807) is 0 Å². The van der Waals surface area contributed by atoms with Crippen molar-refractivity contribution in [1.82, 2.24) is 0 Å². The predicted octanol–water partition coefficient (Wildman–Crippen LogP) is 8.78. The van der Waals surface area contributed by atoms with E-state index in [0.29, 0.717) is 0 Å². The molecule has 2 aromatic carbocycles. The van der Waals surface area contributed by atoms with Gasteiger partial charge < -0.3 is 0 Å². The molecule has 0 aliphatic carbocycles. The van der Waals surface area contributed by atoms with Crippen LogP contribution in [-0.2, 0) is 0 Å². The molecule has 0 atom stereocenters. The average molecular weight is 385 g/mol. The van der Waals surface area contributed by atoms with Crippen LogP contribution in [0.1, 0.15) is 63.0 Å². The van der Waals surface area contributed by atoms with E-state index in [9.17, 15) is 0 Å². The number of thioether (sulfide) groups is 2. The topological polar surface area (TPSA) is 0 Å². The van der Waals surface area contributed by atoms with E-state index in [-0.39, 0.29) is 0 Å². The van der Waals surface area contributed by atoms with Gasteiger partial charge in [0.25, 0.3) is 0 Å². The molecule has 0 heterocycles. The van der Waals surface area contributed by atoms with Gasteiger partial charge in [0, 0.05) is 9.79 Å². The Morgan fingerprint density at radius 1 is 0.731 bits per heavy atom. The van der Waals surface area contributed by atoms with Crippen LogP contribution in [0.15, 0.2) is 68.6 Å². The largest absolute Gasteiger partial charge is 0.0972 e. The molecule has 2 heteroatoms. The van der Waals surface area contributed by atoms with Gasteiger partial charge in [0.15, 0.2) is 0 Å². The van der Waals surface area contributed by atoms with Crippen molar-refractivity contribution in [2.75, 3.05) is 0 Å². The molecule has 0 nitrogen and oxygen atoms in total. The summed E-state index contributed by atoms with van der Waals surface area (Å²) in [4.78, 5) is 4.15. The first-order valence-electron chi connectivity index (χ1n) is 9.84. The zero-order chi connectivity index (χ0) is 18.6. The highest BCUT2D eigenvalue weighted by Gasteiger charge is 2.03. The number of hydrogen-bond acceptors (Lipinski definition) is 2. The molecule has 0 aliphatic heterocycles. The number of aryl methyl sites for hydroxylation is 2. The van der Waals surface area contributed by atoms with Crippen molar-refractivity contribution < 1.29 is 0 Å². The fourth-order valence-corrected chi connectivity index (χ4v) is 4.56. The lowest BCUT2D eigenvalue weighted by molar-refractivity contribution is 0.610. The van der Waals surface area contributed by atoms with Crippen LogP contribution in [0.2, 0.25) is 0 Å². The molecule has 0 fully saturated rings. The SMILES string of the molecule is CCCCCCCC/C(=C/Sc1ccc(C)cc1)Sc1ccc(C)cc1. The van der Waals surface area contributed by atoms with Crippen molar-refractivity contribution in [3.63, 3.8) is 0 Å². The van der Waals surface area contributed by atoms with Crippen molar-refractivity contribution in [3.8, 4) is 0 Å². The molecule has 0 aromatic heterocycles. The lowest BCUT2D eigenvalue weighted by Crippen LogP contribution is -1.83. The number of rotatable bonds is 11. The van der Waals surface area contributed by atoms with Crippen LogP contribution in [0.5, 0.6) is 0 Å². The molecule has 0 N–H and O–H groups in total. The maximum absolute atomic E-state index is 2.36. The van der Waals surface area contributed by atoms with Crippen LogP contribution in [0, 0.1) is 13.8 Å². The zero-order valence-electron chi connectivity index (χ0n) is 16.5. The molecule has 0 saturated heterocycles. The summed E-state index contributed by atoms with van der Waals surface area (Å²) in [5, 5.41) is 2.36. The Morgan fingerprint density at radius 2 is 1.27 bits per heavy atom. The minimum absolute atomic E-state index is 1.18. The van der Waals surface area contributed by atoms with Gasteiger partial charge in [0.05, 0.1) is 0 Å². The number of benzene rings is 2. The van der Waals surface area contributed by atoms with Gasteiger partial charge in [-0.2, -0.15) is 0 Å². The summed E-state index contributed by atoms with van der Waals surface area (Å²) in [5.74, 6) is 0. The second-order valence-corrected chi connectivity index (χ2v) is 9.09. The van der Waals surface area contributed by atoms with Crippen molar-refractivity contribution in [2.24, 2.45) is 0 Å². The average Bonchev–Trinajstić information content (AvgIpc) is 2.65. The van der Waals surface area contributed by atoms with Gasteiger partial charge >= 0.3 is 0 Å². The fraction of sp³-hybridized carbons (Fsp3) is 0.417. The van der Waals surface area contributed by atoms with E-state index in [2.05, 4.69) is 74.7 Å². The van der Waals surface area contributed by atoms with E-state index in [1.807, 2.05) is 23.5 Å². The first-order chi connectivity index (χ1) is 12.7. The summed E-state index contributed by atoms with van der Waals surface area (Å²) in [6.45, 7) is 6.57. The van der Waals surface area contributed by atoms with Gasteiger partial charge in [0.2, 0.25) is 0 Å². The molecule has 0 unspecified atom stereocenters. The zero-order valence-corrected chi connectivity index (χ0v) is 18.1. The van der Waals surface area contributed by atoms with Crippen molar-refractivity contribution in [3.05, 3.63) is 70.0 Å². The van der Waals surface area contributed by atoms with Crippen LogP contribution < -0.4 is 0 Å². The summed E-state index contributed by atoms with van der Waals surface area (Å²) in [7, 11) is 0. The van der Waals surface area contributed by atoms with Gasteiger partial charge in [-0.3, -0.25) is 0 Å². The van der Waals surface area contributed by atoms with E-state index in [0.717, 1.165) is 0 Å². The third kappa shape index (κ3) is 8.51. The molecule has 0 radical (unpaired) electrons. The number of unbranched alkanes of at least 4 members (excludes halogenated alkanes) is 5. The monoisotopic (exact) mass is 384 g/mol. The lowest BCUT2D eigenvalue weighted by Gasteiger charge is -2.08. The minimum atomic E-state index is 1.18. The normalized spacial score (nSPS) is 11.7. The highest BCUT2D eigenvalue weighted by atomic mass is 32.2. The molecule has 0 spiro atoms. The van der Waals surface area contributed by atoms with Gasteiger partial charge in [-0.25, -0.2) is 0 Å². The smallest absolute Gasteiger partial charge is 0.0119 e. The first-order valence-corrected chi connectivity index (χ1v) is 11.5. The lowest BCUT2D eigenvalue weighted by atomic mass is 10.1. The van der Waals surface area contributed by atoms with Crippen LogP contribution in [0.4, 0.5) is 0 Å². The van der Waals surface area contributed by atoms with E-state index < -0.39 is 0 Å². The molecule has 26 heavy (non-hydrogen) atoms.